The van der Waals surface area contributed by atoms with E-state index in [2.05, 4.69) is 101 Å². The van der Waals surface area contributed by atoms with Crippen molar-refractivity contribution >= 4 is 0 Å². The smallest absolute Gasteiger partial charge is 0.0885 e. The third-order valence-corrected chi connectivity index (χ3v) is 3.35. The first-order valence-corrected chi connectivity index (χ1v) is 8.95. The van der Waals surface area contributed by atoms with Crippen LogP contribution in [0.3, 0.4) is 0 Å². The minimum absolute atomic E-state index is 0.667. The Morgan fingerprint density at radius 2 is 1.69 bits per heavy atom. The molecule has 2 heteroatoms. The predicted molar refractivity (Wildman–Crippen MR) is 115 cm³/mol. The molecule has 0 aliphatic rings. The van der Waals surface area contributed by atoms with Gasteiger partial charge in [0.15, 0.2) is 0 Å². The van der Waals surface area contributed by atoms with Crippen LogP contribution >= 0.6 is 0 Å². The molecule has 0 radical (unpaired) electrons. The van der Waals surface area contributed by atoms with E-state index >= 15 is 0 Å². The number of hydrogen-bond acceptors (Lipinski definition) is 2. The number of aromatic nitrogens is 2. The Bertz CT molecular complexity index is 687. The molecule has 0 saturated heterocycles. The number of hydrogen-bond donors (Lipinski definition) is 0. The lowest BCUT2D eigenvalue weighted by atomic mass is 10.1. The zero-order valence-electron chi connectivity index (χ0n) is 17.0. The fourth-order valence-electron chi connectivity index (χ4n) is 2.30. The maximum atomic E-state index is 4.27. The van der Waals surface area contributed by atoms with Gasteiger partial charge in [0.2, 0.25) is 0 Å². The largest absolute Gasteiger partial charge is 0.261 e. The van der Waals surface area contributed by atoms with E-state index in [9.17, 15) is 0 Å². The topological polar surface area (TPSA) is 25.8 Å². The van der Waals surface area contributed by atoms with Crippen LogP contribution in [0.4, 0.5) is 0 Å². The first-order chi connectivity index (χ1) is 12.4. The van der Waals surface area contributed by atoms with Crippen LogP contribution in [0.1, 0.15) is 45.2 Å². The third kappa shape index (κ3) is 10.3. The third-order valence-electron chi connectivity index (χ3n) is 3.35. The van der Waals surface area contributed by atoms with E-state index in [1.54, 1.807) is 18.6 Å². The van der Waals surface area contributed by atoms with Crippen molar-refractivity contribution in [3.05, 3.63) is 71.7 Å². The summed E-state index contributed by atoms with van der Waals surface area (Å²) in [6.45, 7) is 12.9. The van der Waals surface area contributed by atoms with Crippen LogP contribution < -0.4 is 0 Å². The molecule has 0 amide bonds. The second kappa shape index (κ2) is 13.6. The molecule has 26 heavy (non-hydrogen) atoms. The van der Waals surface area contributed by atoms with Crippen molar-refractivity contribution < 1.29 is 0 Å². The molecule has 0 aliphatic heterocycles. The minimum atomic E-state index is 0.667. The first kappa shape index (κ1) is 23.3. The number of nitrogens with zero attached hydrogens (tertiary/aromatic N) is 2. The molecule has 2 nitrogen and oxygen atoms in total. The second-order valence-electron chi connectivity index (χ2n) is 6.43. The first-order valence-electron chi connectivity index (χ1n) is 8.95. The Hall–Kier alpha value is -2.66. The van der Waals surface area contributed by atoms with Crippen LogP contribution in [0, 0.1) is 32.6 Å². The van der Waals surface area contributed by atoms with Gasteiger partial charge in [0, 0.05) is 18.0 Å². The summed E-state index contributed by atoms with van der Waals surface area (Å²) in [4.78, 5) is 8.33. The lowest BCUT2D eigenvalue weighted by molar-refractivity contribution is 0.830. The predicted octanol–water partition coefficient (Wildman–Crippen LogP) is 6.56. The molecule has 0 fully saturated rings. The van der Waals surface area contributed by atoms with Crippen molar-refractivity contribution in [2.75, 3.05) is 0 Å². The highest BCUT2D eigenvalue weighted by Crippen LogP contribution is 2.18. The Morgan fingerprint density at radius 1 is 1.08 bits per heavy atom. The van der Waals surface area contributed by atoms with Crippen LogP contribution in [-0.2, 0) is 0 Å². The zero-order valence-corrected chi connectivity index (χ0v) is 17.0. The fraction of sp³-hybridized carbons (Fsp3) is 0.333. The summed E-state index contributed by atoms with van der Waals surface area (Å²) in [6.07, 6.45) is 21.0. The lowest BCUT2D eigenvalue weighted by Crippen LogP contribution is -1.86. The van der Waals surface area contributed by atoms with Crippen molar-refractivity contribution in [2.24, 2.45) is 5.92 Å². The molecule has 0 N–H and O–H groups in total. The van der Waals surface area contributed by atoms with Crippen molar-refractivity contribution in [1.29, 1.82) is 0 Å². The normalized spacial score (nSPS) is 10.7. The summed E-state index contributed by atoms with van der Waals surface area (Å²) >= 11 is 0. The Morgan fingerprint density at radius 3 is 2.15 bits per heavy atom. The Kier molecular flexibility index (Phi) is 12.2. The number of terminal acetylenes is 1. The van der Waals surface area contributed by atoms with Crippen LogP contribution in [0.15, 0.2) is 60.6 Å². The van der Waals surface area contributed by atoms with Gasteiger partial charge >= 0.3 is 0 Å². The van der Waals surface area contributed by atoms with Crippen LogP contribution in [0.25, 0.3) is 11.3 Å². The SMILES string of the molecule is C#C.CC/C=C(/C)C=CC(C)C.Cc1cc(C)cc(-c2cnccn2)c1. The van der Waals surface area contributed by atoms with Crippen molar-refractivity contribution in [3.8, 4) is 24.1 Å². The average molecular weight is 349 g/mol. The summed E-state index contributed by atoms with van der Waals surface area (Å²) in [5.74, 6) is 0.667. The summed E-state index contributed by atoms with van der Waals surface area (Å²) in [6, 6.07) is 6.40. The highest BCUT2D eigenvalue weighted by Gasteiger charge is 1.99. The molecule has 1 aromatic heterocycles. The highest BCUT2D eigenvalue weighted by molar-refractivity contribution is 5.60. The summed E-state index contributed by atoms with van der Waals surface area (Å²) < 4.78 is 0. The van der Waals surface area contributed by atoms with Gasteiger partial charge in [0.25, 0.3) is 0 Å². The number of aryl methyl sites for hydroxylation is 2. The minimum Gasteiger partial charge on any atom is -0.261 e. The molecule has 2 aromatic rings. The number of benzene rings is 1. The molecule has 0 saturated carbocycles. The molecule has 138 valence electrons. The van der Waals surface area contributed by atoms with Gasteiger partial charge in [-0.3, -0.25) is 9.97 Å². The van der Waals surface area contributed by atoms with Gasteiger partial charge in [-0.2, -0.15) is 0 Å². The summed E-state index contributed by atoms with van der Waals surface area (Å²) in [5.41, 5.74) is 5.95. The standard InChI is InChI=1S/C12H12N2.C10H18.C2H2/c1-9-5-10(2)7-11(6-9)12-8-13-3-4-14-12;1-5-6-10(4)8-7-9(2)3;1-2/h3-8H,1-2H3;6-9H,5H2,1-4H3;1-2H/b;8-7?,10-6-;. The summed E-state index contributed by atoms with van der Waals surface area (Å²) in [7, 11) is 0. The molecular weight excluding hydrogens is 316 g/mol. The maximum Gasteiger partial charge on any atom is 0.0885 e. The second-order valence-corrected chi connectivity index (χ2v) is 6.43. The molecular formula is C24H32N2. The van der Waals surface area contributed by atoms with E-state index in [0.717, 1.165) is 17.7 Å². The number of allylic oxidation sites excluding steroid dienone is 4. The van der Waals surface area contributed by atoms with Gasteiger partial charge in [-0.1, -0.05) is 61.8 Å². The van der Waals surface area contributed by atoms with E-state index in [0.29, 0.717) is 5.92 Å². The molecule has 0 aliphatic carbocycles. The van der Waals surface area contributed by atoms with Crippen LogP contribution in [-0.4, -0.2) is 9.97 Å². The molecule has 1 aromatic carbocycles. The van der Waals surface area contributed by atoms with E-state index < -0.39 is 0 Å². The summed E-state index contributed by atoms with van der Waals surface area (Å²) in [5, 5.41) is 0. The monoisotopic (exact) mass is 348 g/mol. The van der Waals surface area contributed by atoms with Gasteiger partial charge in [0.05, 0.1) is 11.9 Å². The average Bonchev–Trinajstić information content (AvgIpc) is 2.62. The van der Waals surface area contributed by atoms with Crippen molar-refractivity contribution in [1.82, 2.24) is 9.97 Å². The fourth-order valence-corrected chi connectivity index (χ4v) is 2.30. The molecule has 1 heterocycles. The lowest BCUT2D eigenvalue weighted by Gasteiger charge is -2.03. The Balaban J connectivity index is 0.000000464. The molecule has 0 unspecified atom stereocenters. The maximum absolute atomic E-state index is 4.27. The van der Waals surface area contributed by atoms with Gasteiger partial charge in [-0.05, 0) is 45.2 Å². The van der Waals surface area contributed by atoms with Crippen LogP contribution in [0.5, 0.6) is 0 Å². The van der Waals surface area contributed by atoms with E-state index in [4.69, 9.17) is 0 Å². The highest BCUT2D eigenvalue weighted by atomic mass is 14.8. The van der Waals surface area contributed by atoms with E-state index in [1.807, 2.05) is 0 Å². The zero-order chi connectivity index (χ0) is 19.9. The van der Waals surface area contributed by atoms with Gasteiger partial charge in [-0.15, -0.1) is 12.8 Å². The quantitative estimate of drug-likeness (QED) is 0.461. The molecule has 0 spiro atoms. The van der Waals surface area contributed by atoms with Gasteiger partial charge < -0.3 is 0 Å². The molecule has 2 rings (SSSR count). The van der Waals surface area contributed by atoms with Crippen molar-refractivity contribution in [2.45, 2.75) is 48.0 Å². The van der Waals surface area contributed by atoms with Crippen LogP contribution in [0.2, 0.25) is 0 Å². The van der Waals surface area contributed by atoms with E-state index in [-0.39, 0.29) is 0 Å². The van der Waals surface area contributed by atoms with Gasteiger partial charge in [-0.25, -0.2) is 0 Å². The number of rotatable bonds is 4. The van der Waals surface area contributed by atoms with E-state index in [1.165, 1.54) is 16.7 Å². The van der Waals surface area contributed by atoms with Gasteiger partial charge in [0.1, 0.15) is 0 Å². The molecule has 0 atom stereocenters. The van der Waals surface area contributed by atoms with Crippen molar-refractivity contribution in [3.63, 3.8) is 0 Å². The molecule has 0 bridgehead atoms. The Labute approximate surface area is 160 Å².